The molecule has 102 valence electrons. The summed E-state index contributed by atoms with van der Waals surface area (Å²) in [6.45, 7) is 2.03. The third kappa shape index (κ3) is 3.32. The second-order valence-electron chi connectivity index (χ2n) is 4.81. The van der Waals surface area contributed by atoms with Crippen LogP contribution in [0.1, 0.15) is 37.5 Å². The van der Waals surface area contributed by atoms with Crippen LogP contribution in [0.4, 0.5) is 0 Å². The van der Waals surface area contributed by atoms with Crippen molar-refractivity contribution < 1.29 is 8.42 Å². The first-order valence-electron chi connectivity index (χ1n) is 6.38. The number of sulfonamides is 1. The molecule has 1 aromatic heterocycles. The summed E-state index contributed by atoms with van der Waals surface area (Å²) in [6, 6.07) is 3.86. The number of hydrogen-bond donors (Lipinski definition) is 2. The Labute approximate surface area is 113 Å². The van der Waals surface area contributed by atoms with Crippen molar-refractivity contribution in [3.05, 3.63) is 17.0 Å². The zero-order chi connectivity index (χ0) is 13.2. The summed E-state index contributed by atoms with van der Waals surface area (Å²) >= 11 is 1.35. The lowest BCUT2D eigenvalue weighted by atomic mass is 9.93. The molecule has 1 aliphatic rings. The molecule has 0 bridgehead atoms. The Balaban J connectivity index is 2.03. The van der Waals surface area contributed by atoms with Crippen molar-refractivity contribution in [1.29, 1.82) is 0 Å². The van der Waals surface area contributed by atoms with E-state index in [2.05, 4.69) is 4.72 Å². The van der Waals surface area contributed by atoms with Crippen LogP contribution in [0.25, 0.3) is 0 Å². The van der Waals surface area contributed by atoms with E-state index in [0.717, 1.165) is 37.0 Å². The molecule has 1 fully saturated rings. The molecule has 6 heteroatoms. The fourth-order valence-electron chi connectivity index (χ4n) is 2.21. The van der Waals surface area contributed by atoms with Crippen LogP contribution in [0.2, 0.25) is 0 Å². The Bertz CT molecular complexity index is 488. The number of aryl methyl sites for hydroxylation is 1. The second kappa shape index (κ2) is 5.69. The predicted octanol–water partition coefficient (Wildman–Crippen LogP) is 1.86. The lowest BCUT2D eigenvalue weighted by Gasteiger charge is -2.26. The highest BCUT2D eigenvalue weighted by atomic mass is 32.2. The predicted molar refractivity (Wildman–Crippen MR) is 74.2 cm³/mol. The first kappa shape index (κ1) is 14.0. The summed E-state index contributed by atoms with van der Waals surface area (Å²) in [5.74, 6) is 0. The average Bonchev–Trinajstić information content (AvgIpc) is 2.81. The highest BCUT2D eigenvalue weighted by Crippen LogP contribution is 2.24. The van der Waals surface area contributed by atoms with Gasteiger partial charge in [-0.2, -0.15) is 0 Å². The van der Waals surface area contributed by atoms with Gasteiger partial charge in [0.25, 0.3) is 0 Å². The summed E-state index contributed by atoms with van der Waals surface area (Å²) in [6.07, 6.45) is 4.35. The van der Waals surface area contributed by atoms with Gasteiger partial charge in [-0.05, 0) is 44.2 Å². The number of thiophene rings is 1. The molecule has 0 aromatic carbocycles. The van der Waals surface area contributed by atoms with Crippen molar-refractivity contribution >= 4 is 21.4 Å². The fourth-order valence-corrected chi connectivity index (χ4v) is 4.82. The van der Waals surface area contributed by atoms with Gasteiger partial charge < -0.3 is 5.73 Å². The second-order valence-corrected chi connectivity index (χ2v) is 7.92. The van der Waals surface area contributed by atoms with Crippen molar-refractivity contribution in [1.82, 2.24) is 4.72 Å². The van der Waals surface area contributed by atoms with Gasteiger partial charge >= 0.3 is 0 Å². The summed E-state index contributed by atoms with van der Waals surface area (Å²) < 4.78 is 27.6. The minimum absolute atomic E-state index is 0.0435. The van der Waals surface area contributed by atoms with Gasteiger partial charge in [-0.15, -0.1) is 11.3 Å². The molecule has 0 aliphatic heterocycles. The summed E-state index contributed by atoms with van der Waals surface area (Å²) in [7, 11) is -3.34. The van der Waals surface area contributed by atoms with Crippen molar-refractivity contribution in [2.75, 3.05) is 0 Å². The molecular weight excluding hydrogens is 268 g/mol. The van der Waals surface area contributed by atoms with Crippen LogP contribution < -0.4 is 10.5 Å². The van der Waals surface area contributed by atoms with E-state index in [-0.39, 0.29) is 12.1 Å². The van der Waals surface area contributed by atoms with E-state index in [4.69, 9.17) is 5.73 Å². The topological polar surface area (TPSA) is 72.2 Å². The quantitative estimate of drug-likeness (QED) is 0.888. The van der Waals surface area contributed by atoms with E-state index in [0.29, 0.717) is 4.21 Å². The first-order chi connectivity index (χ1) is 8.51. The van der Waals surface area contributed by atoms with Crippen LogP contribution in [0, 0.1) is 0 Å². The molecule has 0 unspecified atom stereocenters. The molecule has 0 saturated heterocycles. The first-order valence-corrected chi connectivity index (χ1v) is 8.68. The Morgan fingerprint density at radius 1 is 1.33 bits per heavy atom. The van der Waals surface area contributed by atoms with E-state index in [9.17, 15) is 8.42 Å². The lowest BCUT2D eigenvalue weighted by molar-refractivity contribution is 0.374. The largest absolute Gasteiger partial charge is 0.328 e. The third-order valence-electron chi connectivity index (χ3n) is 3.34. The molecule has 18 heavy (non-hydrogen) atoms. The molecule has 0 amide bonds. The Morgan fingerprint density at radius 3 is 2.56 bits per heavy atom. The molecular formula is C12H20N2O2S2. The lowest BCUT2D eigenvalue weighted by Crippen LogP contribution is -2.40. The highest BCUT2D eigenvalue weighted by Gasteiger charge is 2.25. The number of hydrogen-bond acceptors (Lipinski definition) is 4. The van der Waals surface area contributed by atoms with Crippen LogP contribution in [0.3, 0.4) is 0 Å². The molecule has 0 atom stereocenters. The van der Waals surface area contributed by atoms with Crippen LogP contribution in [0.5, 0.6) is 0 Å². The Kier molecular flexibility index (Phi) is 4.42. The molecule has 1 aromatic rings. The average molecular weight is 288 g/mol. The standard InChI is InChI=1S/C12H20N2O2S2/c1-2-11-7-8-12(17-11)18(15,16)14-10-5-3-9(13)4-6-10/h7-10,14H,2-6,13H2,1H3. The van der Waals surface area contributed by atoms with Gasteiger partial charge in [-0.25, -0.2) is 13.1 Å². The Hall–Kier alpha value is -0.430. The van der Waals surface area contributed by atoms with E-state index < -0.39 is 10.0 Å². The van der Waals surface area contributed by atoms with Crippen LogP contribution in [0.15, 0.2) is 16.3 Å². The fraction of sp³-hybridized carbons (Fsp3) is 0.667. The maximum Gasteiger partial charge on any atom is 0.250 e. The molecule has 0 spiro atoms. The van der Waals surface area contributed by atoms with Crippen molar-refractivity contribution in [2.24, 2.45) is 5.73 Å². The maximum absolute atomic E-state index is 12.2. The van der Waals surface area contributed by atoms with E-state index in [1.54, 1.807) is 6.07 Å². The smallest absolute Gasteiger partial charge is 0.250 e. The minimum atomic E-state index is -3.34. The Morgan fingerprint density at radius 2 is 2.00 bits per heavy atom. The van der Waals surface area contributed by atoms with Gasteiger partial charge in [-0.3, -0.25) is 0 Å². The molecule has 3 N–H and O–H groups in total. The summed E-state index contributed by atoms with van der Waals surface area (Å²) in [5.41, 5.74) is 5.82. The van der Waals surface area contributed by atoms with Crippen LogP contribution in [-0.2, 0) is 16.4 Å². The zero-order valence-corrected chi connectivity index (χ0v) is 12.2. The normalized spacial score (nSPS) is 25.2. The molecule has 1 heterocycles. The summed E-state index contributed by atoms with van der Waals surface area (Å²) in [5, 5.41) is 0. The molecule has 1 aliphatic carbocycles. The minimum Gasteiger partial charge on any atom is -0.328 e. The van der Waals surface area contributed by atoms with Gasteiger partial charge in [0.2, 0.25) is 10.0 Å². The van der Waals surface area contributed by atoms with E-state index in [1.165, 1.54) is 11.3 Å². The third-order valence-corrected chi connectivity index (χ3v) is 6.59. The van der Waals surface area contributed by atoms with Crippen LogP contribution in [-0.4, -0.2) is 20.5 Å². The van der Waals surface area contributed by atoms with Crippen molar-refractivity contribution in [3.63, 3.8) is 0 Å². The van der Waals surface area contributed by atoms with Gasteiger partial charge in [0, 0.05) is 17.0 Å². The van der Waals surface area contributed by atoms with Gasteiger partial charge in [0.1, 0.15) is 4.21 Å². The van der Waals surface area contributed by atoms with Crippen molar-refractivity contribution in [2.45, 2.75) is 55.3 Å². The summed E-state index contributed by atoms with van der Waals surface area (Å²) in [4.78, 5) is 1.10. The molecule has 4 nitrogen and oxygen atoms in total. The SMILES string of the molecule is CCc1ccc(S(=O)(=O)NC2CCC(N)CC2)s1. The molecule has 0 radical (unpaired) electrons. The van der Waals surface area contributed by atoms with Crippen molar-refractivity contribution in [3.8, 4) is 0 Å². The van der Waals surface area contributed by atoms with Gasteiger partial charge in [0.05, 0.1) is 0 Å². The number of nitrogens with two attached hydrogens (primary N) is 1. The zero-order valence-electron chi connectivity index (χ0n) is 10.6. The van der Waals surface area contributed by atoms with Crippen LogP contribution >= 0.6 is 11.3 Å². The number of rotatable bonds is 4. The van der Waals surface area contributed by atoms with Gasteiger partial charge in [-0.1, -0.05) is 6.92 Å². The van der Waals surface area contributed by atoms with Gasteiger partial charge in [0.15, 0.2) is 0 Å². The molecule has 2 rings (SSSR count). The highest BCUT2D eigenvalue weighted by molar-refractivity contribution is 7.91. The van der Waals surface area contributed by atoms with E-state index in [1.807, 2.05) is 13.0 Å². The number of nitrogens with one attached hydrogen (secondary N) is 1. The van der Waals surface area contributed by atoms with E-state index >= 15 is 0 Å². The monoisotopic (exact) mass is 288 g/mol. The molecule has 1 saturated carbocycles. The maximum atomic E-state index is 12.2.